The fourth-order valence-corrected chi connectivity index (χ4v) is 2.14. The van der Waals surface area contributed by atoms with Crippen molar-refractivity contribution >= 4 is 16.8 Å². The number of carbonyl (C=O) groups is 1. The van der Waals surface area contributed by atoms with E-state index < -0.39 is 34.3 Å². The lowest BCUT2D eigenvalue weighted by molar-refractivity contribution is -0.137. The zero-order chi connectivity index (χ0) is 13.1. The highest BCUT2D eigenvalue weighted by molar-refractivity contribution is 7.84. The Bertz CT molecular complexity index is 443. The Balaban J connectivity index is 2.79. The summed E-state index contributed by atoms with van der Waals surface area (Å²) >= 11 is 0. The zero-order valence-electron chi connectivity index (χ0n) is 8.53. The smallest absolute Gasteiger partial charge is 0.416 e. The van der Waals surface area contributed by atoms with E-state index in [1.54, 1.807) is 0 Å². The Kier molecular flexibility index (Phi) is 4.28. The van der Waals surface area contributed by atoms with Crippen LogP contribution in [0, 0.1) is 0 Å². The molecule has 0 aliphatic carbocycles. The van der Waals surface area contributed by atoms with Crippen LogP contribution < -0.4 is 0 Å². The molecule has 7 heteroatoms. The summed E-state index contributed by atoms with van der Waals surface area (Å²) in [4.78, 5) is 10.3. The average Bonchev–Trinajstić information content (AvgIpc) is 2.15. The maximum absolute atomic E-state index is 12.3. The molecule has 0 aromatic heterocycles. The van der Waals surface area contributed by atoms with E-state index in [1.807, 2.05) is 0 Å². The third kappa shape index (κ3) is 4.56. The molecule has 0 spiro atoms. The fourth-order valence-electron chi connectivity index (χ4n) is 1.21. The van der Waals surface area contributed by atoms with Gasteiger partial charge in [-0.3, -0.25) is 9.00 Å². The molecule has 1 unspecified atom stereocenters. The Labute approximate surface area is 97.7 Å². The van der Waals surface area contributed by atoms with Gasteiger partial charge in [0, 0.05) is 16.6 Å². The van der Waals surface area contributed by atoms with Crippen molar-refractivity contribution in [2.24, 2.45) is 0 Å². The van der Waals surface area contributed by atoms with Gasteiger partial charge in [0.25, 0.3) is 0 Å². The minimum absolute atomic E-state index is 0.198. The quantitative estimate of drug-likeness (QED) is 0.907. The third-order valence-corrected chi connectivity index (χ3v) is 3.09. The number of alkyl halides is 3. The van der Waals surface area contributed by atoms with Crippen LogP contribution >= 0.6 is 0 Å². The summed E-state index contributed by atoms with van der Waals surface area (Å²) in [5.41, 5.74) is -0.623. The van der Waals surface area contributed by atoms with Crippen LogP contribution in [0.3, 0.4) is 0 Å². The van der Waals surface area contributed by atoms with Gasteiger partial charge in [0.05, 0.1) is 5.56 Å². The lowest BCUT2D eigenvalue weighted by Crippen LogP contribution is -2.11. The van der Waals surface area contributed by atoms with Crippen LogP contribution in [-0.2, 0) is 27.5 Å². The van der Waals surface area contributed by atoms with Crippen molar-refractivity contribution in [3.05, 3.63) is 35.4 Å². The van der Waals surface area contributed by atoms with Crippen molar-refractivity contribution in [1.29, 1.82) is 0 Å². The lowest BCUT2D eigenvalue weighted by atomic mass is 10.1. The van der Waals surface area contributed by atoms with Gasteiger partial charge < -0.3 is 5.11 Å². The Hall–Kier alpha value is -1.37. The summed E-state index contributed by atoms with van der Waals surface area (Å²) in [7, 11) is -1.70. The maximum atomic E-state index is 12.3. The van der Waals surface area contributed by atoms with E-state index in [2.05, 4.69) is 0 Å². The number of rotatable bonds is 4. The van der Waals surface area contributed by atoms with Crippen LogP contribution in [0.5, 0.6) is 0 Å². The fraction of sp³-hybridized carbons (Fsp3) is 0.300. The summed E-state index contributed by atoms with van der Waals surface area (Å²) in [6, 6.07) is 4.37. The van der Waals surface area contributed by atoms with Gasteiger partial charge in [0.1, 0.15) is 5.75 Å². The summed E-state index contributed by atoms with van der Waals surface area (Å²) in [5, 5.41) is 8.37. The SMILES string of the molecule is O=C(O)CS(=O)Cc1cccc(C(F)(F)F)c1. The normalized spacial score (nSPS) is 13.4. The van der Waals surface area contributed by atoms with Crippen LogP contribution in [0.4, 0.5) is 13.2 Å². The molecule has 0 heterocycles. The van der Waals surface area contributed by atoms with Crippen molar-refractivity contribution in [3.8, 4) is 0 Å². The molecule has 0 saturated heterocycles. The van der Waals surface area contributed by atoms with Crippen molar-refractivity contribution in [2.45, 2.75) is 11.9 Å². The minimum atomic E-state index is -4.45. The number of carboxylic acid groups (broad SMARTS) is 1. The van der Waals surface area contributed by atoms with E-state index in [0.717, 1.165) is 12.1 Å². The molecule has 0 amide bonds. The van der Waals surface area contributed by atoms with E-state index >= 15 is 0 Å². The van der Waals surface area contributed by atoms with Gasteiger partial charge in [-0.25, -0.2) is 0 Å². The number of benzene rings is 1. The Morgan fingerprint density at radius 2 is 2.00 bits per heavy atom. The van der Waals surface area contributed by atoms with Crippen LogP contribution in [0.2, 0.25) is 0 Å². The van der Waals surface area contributed by atoms with Gasteiger partial charge >= 0.3 is 12.1 Å². The zero-order valence-corrected chi connectivity index (χ0v) is 9.35. The third-order valence-electron chi connectivity index (χ3n) is 1.87. The van der Waals surface area contributed by atoms with Crippen LogP contribution in [-0.4, -0.2) is 21.0 Å². The molecule has 0 fully saturated rings. The van der Waals surface area contributed by atoms with E-state index in [4.69, 9.17) is 5.11 Å². The van der Waals surface area contributed by atoms with Gasteiger partial charge in [-0.15, -0.1) is 0 Å². The minimum Gasteiger partial charge on any atom is -0.481 e. The molecule has 1 rings (SSSR count). The number of carboxylic acids is 1. The van der Waals surface area contributed by atoms with Gasteiger partial charge in [0.2, 0.25) is 0 Å². The number of hydrogen-bond donors (Lipinski definition) is 1. The van der Waals surface area contributed by atoms with Crippen LogP contribution in [0.25, 0.3) is 0 Å². The van der Waals surface area contributed by atoms with E-state index in [9.17, 15) is 22.2 Å². The first kappa shape index (κ1) is 13.7. The highest BCUT2D eigenvalue weighted by Gasteiger charge is 2.30. The molecule has 3 nitrogen and oxygen atoms in total. The molecule has 0 bridgehead atoms. The number of hydrogen-bond acceptors (Lipinski definition) is 2. The molecular weight excluding hydrogens is 257 g/mol. The molecule has 1 aromatic carbocycles. The summed E-state index contributed by atoms with van der Waals surface area (Å²) in [6.07, 6.45) is -4.45. The van der Waals surface area contributed by atoms with Crippen molar-refractivity contribution < 1.29 is 27.3 Å². The monoisotopic (exact) mass is 266 g/mol. The molecule has 0 radical (unpaired) electrons. The van der Waals surface area contributed by atoms with Gasteiger partial charge in [-0.05, 0) is 11.6 Å². The number of aliphatic carboxylic acids is 1. The second-order valence-electron chi connectivity index (χ2n) is 3.32. The summed E-state index contributed by atoms with van der Waals surface area (Å²) in [6.45, 7) is 0. The highest BCUT2D eigenvalue weighted by Crippen LogP contribution is 2.29. The Morgan fingerprint density at radius 1 is 1.35 bits per heavy atom. The highest BCUT2D eigenvalue weighted by atomic mass is 32.2. The molecular formula is C10H9F3O3S. The molecule has 1 atom stereocenters. The second-order valence-corrected chi connectivity index (χ2v) is 4.78. The average molecular weight is 266 g/mol. The standard InChI is InChI=1S/C10H9F3O3S/c11-10(12,13)8-3-1-2-7(4-8)5-17(16)6-9(14)15/h1-4H,5-6H2,(H,14,15). The summed E-state index contributed by atoms with van der Waals surface area (Å²) in [5.74, 6) is -2.01. The molecule has 94 valence electrons. The first-order chi connectivity index (χ1) is 7.79. The van der Waals surface area contributed by atoms with E-state index in [1.165, 1.54) is 12.1 Å². The molecule has 0 aliphatic heterocycles. The van der Waals surface area contributed by atoms with E-state index in [0.29, 0.717) is 0 Å². The molecule has 0 saturated carbocycles. The second kappa shape index (κ2) is 5.31. The largest absolute Gasteiger partial charge is 0.481 e. The lowest BCUT2D eigenvalue weighted by Gasteiger charge is -2.08. The van der Waals surface area contributed by atoms with Gasteiger partial charge in [-0.1, -0.05) is 18.2 Å². The first-order valence-corrected chi connectivity index (χ1v) is 6.01. The Morgan fingerprint density at radius 3 is 2.53 bits per heavy atom. The van der Waals surface area contributed by atoms with Gasteiger partial charge in [-0.2, -0.15) is 13.2 Å². The molecule has 1 aromatic rings. The molecule has 17 heavy (non-hydrogen) atoms. The molecule has 1 N–H and O–H groups in total. The van der Waals surface area contributed by atoms with Crippen LogP contribution in [0.1, 0.15) is 11.1 Å². The van der Waals surface area contributed by atoms with Crippen LogP contribution in [0.15, 0.2) is 24.3 Å². The topological polar surface area (TPSA) is 54.4 Å². The number of halogens is 3. The predicted octanol–water partition coefficient (Wildman–Crippen LogP) is 2.04. The van der Waals surface area contributed by atoms with Crippen molar-refractivity contribution in [1.82, 2.24) is 0 Å². The summed E-state index contributed by atoms with van der Waals surface area (Å²) < 4.78 is 48.3. The predicted molar refractivity (Wildman–Crippen MR) is 55.8 cm³/mol. The first-order valence-electron chi connectivity index (χ1n) is 4.52. The molecule has 0 aliphatic rings. The van der Waals surface area contributed by atoms with Crippen molar-refractivity contribution in [2.75, 3.05) is 5.75 Å². The van der Waals surface area contributed by atoms with E-state index in [-0.39, 0.29) is 11.3 Å². The maximum Gasteiger partial charge on any atom is 0.416 e. The van der Waals surface area contributed by atoms with Crippen molar-refractivity contribution in [3.63, 3.8) is 0 Å². The van der Waals surface area contributed by atoms with Gasteiger partial charge in [0.15, 0.2) is 0 Å².